The van der Waals surface area contributed by atoms with Crippen LogP contribution in [0.15, 0.2) is 102 Å². The van der Waals surface area contributed by atoms with Crippen LogP contribution in [0.2, 0.25) is 10.0 Å². The van der Waals surface area contributed by atoms with Crippen molar-refractivity contribution < 1.29 is 4.21 Å². The summed E-state index contributed by atoms with van der Waals surface area (Å²) in [5.41, 5.74) is 4.10. The lowest BCUT2D eigenvalue weighted by atomic mass is 9.85. The molecular formula is C26H21Cl2NOS. The fourth-order valence-electron chi connectivity index (χ4n) is 3.72. The van der Waals surface area contributed by atoms with Gasteiger partial charge < -0.3 is 0 Å². The van der Waals surface area contributed by atoms with Gasteiger partial charge in [0.2, 0.25) is 0 Å². The Bertz CT molecular complexity index is 1180. The number of aromatic nitrogens is 1. The number of hydrogen-bond acceptors (Lipinski definition) is 2. The van der Waals surface area contributed by atoms with Gasteiger partial charge in [-0.15, -0.1) is 0 Å². The van der Waals surface area contributed by atoms with Gasteiger partial charge in [0, 0.05) is 23.2 Å². The molecule has 0 aliphatic carbocycles. The topological polar surface area (TPSA) is 30.0 Å². The van der Waals surface area contributed by atoms with Crippen LogP contribution in [0.3, 0.4) is 0 Å². The van der Waals surface area contributed by atoms with Gasteiger partial charge in [0.1, 0.15) is 0 Å². The quantitative estimate of drug-likeness (QED) is 0.297. The van der Waals surface area contributed by atoms with Crippen LogP contribution in [-0.2, 0) is 10.8 Å². The van der Waals surface area contributed by atoms with Crippen LogP contribution in [0, 0.1) is 6.92 Å². The summed E-state index contributed by atoms with van der Waals surface area (Å²) < 4.78 is 14.0. The Morgan fingerprint density at radius 2 is 1.42 bits per heavy atom. The van der Waals surface area contributed by atoms with E-state index in [-0.39, 0.29) is 11.2 Å². The van der Waals surface area contributed by atoms with E-state index in [1.807, 2.05) is 73.7 Å². The smallest absolute Gasteiger partial charge is 0.0754 e. The standard InChI is InChI=1S/C26H21Cl2NOS/c1-18-7-10-22(11-8-18)31(30)26(20-13-15-29-16-14-20)25(19-5-3-2-4-6-19)21-9-12-23(27)24(28)17-21/h2-17,25-26H,1H3/t25-,26?,31?/m1/s1. The highest BCUT2D eigenvalue weighted by molar-refractivity contribution is 7.85. The Hall–Kier alpha value is -2.46. The van der Waals surface area contributed by atoms with Crippen molar-refractivity contribution in [2.75, 3.05) is 0 Å². The molecule has 156 valence electrons. The molecule has 0 fully saturated rings. The predicted octanol–water partition coefficient (Wildman–Crippen LogP) is 7.38. The van der Waals surface area contributed by atoms with E-state index in [0.717, 1.165) is 27.1 Å². The van der Waals surface area contributed by atoms with Gasteiger partial charge in [0.25, 0.3) is 0 Å². The first-order valence-corrected chi connectivity index (χ1v) is 11.9. The van der Waals surface area contributed by atoms with Crippen LogP contribution in [-0.4, -0.2) is 9.19 Å². The molecule has 0 amide bonds. The summed E-state index contributed by atoms with van der Waals surface area (Å²) in [7, 11) is -1.33. The highest BCUT2D eigenvalue weighted by atomic mass is 35.5. The molecule has 3 aromatic carbocycles. The van der Waals surface area contributed by atoms with Gasteiger partial charge in [-0.05, 0) is 60.0 Å². The van der Waals surface area contributed by atoms with Gasteiger partial charge in [-0.1, -0.05) is 77.3 Å². The van der Waals surface area contributed by atoms with E-state index in [4.69, 9.17) is 23.2 Å². The average molecular weight is 466 g/mol. The molecule has 3 atom stereocenters. The minimum atomic E-state index is -1.33. The number of benzene rings is 3. The monoisotopic (exact) mass is 465 g/mol. The summed E-state index contributed by atoms with van der Waals surface area (Å²) in [6, 6.07) is 27.5. The lowest BCUT2D eigenvalue weighted by molar-refractivity contribution is 0.658. The van der Waals surface area contributed by atoms with Crippen molar-refractivity contribution in [2.24, 2.45) is 0 Å². The Kier molecular flexibility index (Phi) is 6.86. The number of nitrogens with zero attached hydrogens (tertiary/aromatic N) is 1. The zero-order valence-electron chi connectivity index (χ0n) is 16.9. The van der Waals surface area contributed by atoms with Crippen molar-refractivity contribution in [1.82, 2.24) is 4.98 Å². The first-order chi connectivity index (χ1) is 15.0. The molecular weight excluding hydrogens is 445 g/mol. The highest BCUT2D eigenvalue weighted by Crippen LogP contribution is 2.43. The molecule has 1 aromatic heterocycles. The minimum Gasteiger partial charge on any atom is -0.265 e. The second kappa shape index (κ2) is 9.78. The number of rotatable bonds is 6. The lowest BCUT2D eigenvalue weighted by Gasteiger charge is -2.28. The number of halogens is 2. The van der Waals surface area contributed by atoms with Crippen LogP contribution in [0.1, 0.15) is 33.4 Å². The van der Waals surface area contributed by atoms with Crippen molar-refractivity contribution in [3.05, 3.63) is 130 Å². The van der Waals surface area contributed by atoms with Crippen molar-refractivity contribution in [3.8, 4) is 0 Å². The van der Waals surface area contributed by atoms with E-state index in [2.05, 4.69) is 17.1 Å². The molecule has 5 heteroatoms. The summed E-state index contributed by atoms with van der Waals surface area (Å²) >= 11 is 12.6. The lowest BCUT2D eigenvalue weighted by Crippen LogP contribution is -2.18. The fourth-order valence-corrected chi connectivity index (χ4v) is 5.69. The SMILES string of the molecule is Cc1ccc(S(=O)C(c2ccncc2)[C@H](c2ccccc2)c2ccc(Cl)c(Cl)c2)cc1. The van der Waals surface area contributed by atoms with E-state index in [1.54, 1.807) is 18.5 Å². The highest BCUT2D eigenvalue weighted by Gasteiger charge is 2.32. The number of aryl methyl sites for hydroxylation is 1. The van der Waals surface area contributed by atoms with Gasteiger partial charge in [0.05, 0.1) is 26.1 Å². The Labute approximate surface area is 195 Å². The molecule has 0 N–H and O–H groups in total. The Balaban J connectivity index is 1.92. The molecule has 0 aliphatic rings. The summed E-state index contributed by atoms with van der Waals surface area (Å²) in [4.78, 5) is 4.95. The van der Waals surface area contributed by atoms with Gasteiger partial charge in [-0.3, -0.25) is 9.19 Å². The molecule has 0 saturated heterocycles. The molecule has 4 rings (SSSR count). The van der Waals surface area contributed by atoms with Crippen LogP contribution < -0.4 is 0 Å². The molecule has 0 radical (unpaired) electrons. The zero-order valence-corrected chi connectivity index (χ0v) is 19.2. The fraction of sp³-hybridized carbons (Fsp3) is 0.115. The van der Waals surface area contributed by atoms with Gasteiger partial charge in [-0.2, -0.15) is 0 Å². The summed E-state index contributed by atoms with van der Waals surface area (Å²) in [6.45, 7) is 2.02. The third kappa shape index (κ3) is 4.90. The summed E-state index contributed by atoms with van der Waals surface area (Å²) in [5.74, 6) is -0.194. The second-order valence-corrected chi connectivity index (χ2v) is 9.76. The van der Waals surface area contributed by atoms with Crippen molar-refractivity contribution >= 4 is 34.0 Å². The van der Waals surface area contributed by atoms with Gasteiger partial charge in [0.15, 0.2) is 0 Å². The molecule has 2 nitrogen and oxygen atoms in total. The van der Waals surface area contributed by atoms with Crippen molar-refractivity contribution in [1.29, 1.82) is 0 Å². The second-order valence-electron chi connectivity index (χ2n) is 7.37. The van der Waals surface area contributed by atoms with Crippen molar-refractivity contribution in [2.45, 2.75) is 23.0 Å². The first-order valence-electron chi connectivity index (χ1n) is 9.91. The minimum absolute atomic E-state index is 0.194. The first kappa shape index (κ1) is 21.8. The normalized spacial score (nSPS) is 14.0. The van der Waals surface area contributed by atoms with Crippen LogP contribution in [0.25, 0.3) is 0 Å². The van der Waals surface area contributed by atoms with E-state index in [0.29, 0.717) is 10.0 Å². The molecule has 0 saturated carbocycles. The zero-order chi connectivity index (χ0) is 21.8. The Morgan fingerprint density at radius 1 is 0.742 bits per heavy atom. The van der Waals surface area contributed by atoms with E-state index in [9.17, 15) is 4.21 Å². The molecule has 0 spiro atoms. The summed E-state index contributed by atoms with van der Waals surface area (Å²) in [6.07, 6.45) is 3.48. The van der Waals surface area contributed by atoms with E-state index < -0.39 is 10.8 Å². The third-order valence-electron chi connectivity index (χ3n) is 5.28. The molecule has 1 heterocycles. The predicted molar refractivity (Wildman–Crippen MR) is 129 cm³/mol. The number of pyridine rings is 1. The third-order valence-corrected chi connectivity index (χ3v) is 7.76. The molecule has 0 aliphatic heterocycles. The maximum Gasteiger partial charge on any atom is 0.0754 e. The van der Waals surface area contributed by atoms with Crippen molar-refractivity contribution in [3.63, 3.8) is 0 Å². The molecule has 0 bridgehead atoms. The molecule has 2 unspecified atom stereocenters. The largest absolute Gasteiger partial charge is 0.265 e. The van der Waals surface area contributed by atoms with Crippen LogP contribution >= 0.6 is 23.2 Å². The maximum atomic E-state index is 14.0. The van der Waals surface area contributed by atoms with Crippen LogP contribution in [0.5, 0.6) is 0 Å². The van der Waals surface area contributed by atoms with Gasteiger partial charge in [-0.25, -0.2) is 0 Å². The van der Waals surface area contributed by atoms with Crippen LogP contribution in [0.4, 0.5) is 0 Å². The van der Waals surface area contributed by atoms with E-state index >= 15 is 0 Å². The summed E-state index contributed by atoms with van der Waals surface area (Å²) in [5, 5.41) is 0.636. The number of hydrogen-bond donors (Lipinski definition) is 0. The maximum absolute atomic E-state index is 14.0. The Morgan fingerprint density at radius 3 is 2.06 bits per heavy atom. The van der Waals surface area contributed by atoms with Gasteiger partial charge >= 0.3 is 0 Å². The van der Waals surface area contributed by atoms with E-state index in [1.165, 1.54) is 0 Å². The average Bonchev–Trinajstić information content (AvgIpc) is 2.80. The molecule has 4 aromatic rings. The molecule has 31 heavy (non-hydrogen) atoms.